The van der Waals surface area contributed by atoms with Gasteiger partial charge in [-0.25, -0.2) is 8.42 Å². The van der Waals surface area contributed by atoms with Gasteiger partial charge in [0.1, 0.15) is 6.04 Å². The van der Waals surface area contributed by atoms with E-state index in [4.69, 9.17) is 5.11 Å². The topological polar surface area (TPSA) is 104 Å². The number of nitrogens with zero attached hydrogens (tertiary/aromatic N) is 1. The van der Waals surface area contributed by atoms with E-state index >= 15 is 0 Å². The Morgan fingerprint density at radius 3 is 2.26 bits per heavy atom. The van der Waals surface area contributed by atoms with E-state index in [-0.39, 0.29) is 24.3 Å². The van der Waals surface area contributed by atoms with E-state index in [9.17, 15) is 18.0 Å². The molecule has 1 heterocycles. The summed E-state index contributed by atoms with van der Waals surface area (Å²) in [4.78, 5) is 24.4. The highest BCUT2D eigenvalue weighted by atomic mass is 32.2. The third kappa shape index (κ3) is 5.56. The molecular formula is C31H28N2O5S. The first-order chi connectivity index (χ1) is 18.7. The van der Waals surface area contributed by atoms with Crippen molar-refractivity contribution in [3.63, 3.8) is 0 Å². The highest BCUT2D eigenvalue weighted by Crippen LogP contribution is 2.37. The van der Waals surface area contributed by atoms with Gasteiger partial charge in [-0.1, -0.05) is 84.4 Å². The van der Waals surface area contributed by atoms with Crippen LogP contribution >= 0.6 is 0 Å². The largest absolute Gasteiger partial charge is 0.481 e. The molecule has 0 aliphatic carbocycles. The molecule has 198 valence electrons. The number of carboxylic acids is 1. The summed E-state index contributed by atoms with van der Waals surface area (Å²) in [6, 6.07) is 27.9. The molecule has 0 radical (unpaired) electrons. The normalized spacial score (nSPS) is 14.6. The molecule has 0 saturated heterocycles. The maximum Gasteiger partial charge on any atom is 0.307 e. The fraction of sp³-hybridized carbons (Fsp3) is 0.161. The molecule has 0 saturated carbocycles. The molecule has 39 heavy (non-hydrogen) atoms. The lowest BCUT2D eigenvalue weighted by Gasteiger charge is -2.26. The van der Waals surface area contributed by atoms with Gasteiger partial charge in [0.2, 0.25) is 5.91 Å². The Bertz CT molecular complexity index is 1630. The lowest BCUT2D eigenvalue weighted by molar-refractivity contribution is -0.136. The number of sulfonamides is 1. The highest BCUT2D eigenvalue weighted by Gasteiger charge is 2.42. The summed E-state index contributed by atoms with van der Waals surface area (Å²) in [5.41, 5.74) is 5.75. The molecule has 0 bridgehead atoms. The van der Waals surface area contributed by atoms with E-state index in [1.54, 1.807) is 60.7 Å². The Morgan fingerprint density at radius 2 is 1.56 bits per heavy atom. The lowest BCUT2D eigenvalue weighted by Crippen LogP contribution is -2.47. The Morgan fingerprint density at radius 1 is 0.872 bits per heavy atom. The van der Waals surface area contributed by atoms with E-state index in [0.29, 0.717) is 11.3 Å². The summed E-state index contributed by atoms with van der Waals surface area (Å²) in [7, 11) is -4.04. The molecule has 0 aromatic heterocycles. The minimum Gasteiger partial charge on any atom is -0.481 e. The zero-order valence-electron chi connectivity index (χ0n) is 21.4. The quantitative estimate of drug-likeness (QED) is 0.337. The van der Waals surface area contributed by atoms with Crippen molar-refractivity contribution in [2.75, 3.05) is 4.31 Å². The number of fused-ring (bicyclic) bond motifs is 1. The number of aryl methyl sites for hydroxylation is 1. The monoisotopic (exact) mass is 540 g/mol. The third-order valence-electron chi connectivity index (χ3n) is 6.84. The van der Waals surface area contributed by atoms with Gasteiger partial charge in [-0.15, -0.1) is 0 Å². The molecule has 1 atom stereocenters. The van der Waals surface area contributed by atoms with Gasteiger partial charge in [-0.2, -0.15) is 0 Å². The zero-order chi connectivity index (χ0) is 27.6. The Balaban J connectivity index is 1.38. The average Bonchev–Trinajstić information content (AvgIpc) is 3.33. The fourth-order valence-corrected chi connectivity index (χ4v) is 6.52. The predicted octanol–water partition coefficient (Wildman–Crippen LogP) is 4.73. The van der Waals surface area contributed by atoms with E-state index in [2.05, 4.69) is 5.32 Å². The van der Waals surface area contributed by atoms with Gasteiger partial charge in [-0.05, 0) is 52.9 Å². The second kappa shape index (κ2) is 10.7. The van der Waals surface area contributed by atoms with E-state index < -0.39 is 27.9 Å². The predicted molar refractivity (Wildman–Crippen MR) is 150 cm³/mol. The van der Waals surface area contributed by atoms with Crippen LogP contribution in [0.5, 0.6) is 0 Å². The molecule has 8 heteroatoms. The van der Waals surface area contributed by atoms with Crippen LogP contribution in [0.3, 0.4) is 0 Å². The fourth-order valence-electron chi connectivity index (χ4n) is 4.87. The van der Waals surface area contributed by atoms with Crippen molar-refractivity contribution in [3.05, 3.63) is 119 Å². The van der Waals surface area contributed by atoms with Crippen molar-refractivity contribution in [1.29, 1.82) is 0 Å². The van der Waals surface area contributed by atoms with Gasteiger partial charge in [-0.3, -0.25) is 13.9 Å². The van der Waals surface area contributed by atoms with Crippen LogP contribution in [-0.4, -0.2) is 31.4 Å². The first-order valence-corrected chi connectivity index (χ1v) is 14.0. The number of aliphatic carboxylic acids is 1. The molecule has 0 unspecified atom stereocenters. The maximum absolute atomic E-state index is 13.9. The summed E-state index contributed by atoms with van der Waals surface area (Å²) in [5.74, 6) is -1.32. The average molecular weight is 541 g/mol. The molecule has 0 spiro atoms. The Kier molecular flexibility index (Phi) is 7.21. The number of amides is 1. The van der Waals surface area contributed by atoms with E-state index in [1.807, 2.05) is 43.3 Å². The number of benzene rings is 4. The number of para-hydroxylation sites is 1. The second-order valence-electron chi connectivity index (χ2n) is 9.65. The number of anilines is 1. The first-order valence-electron chi connectivity index (χ1n) is 12.6. The Labute approximate surface area is 227 Å². The molecule has 4 aromatic carbocycles. The van der Waals surface area contributed by atoms with Crippen LogP contribution < -0.4 is 9.62 Å². The number of hydrogen-bond acceptors (Lipinski definition) is 4. The van der Waals surface area contributed by atoms with Gasteiger partial charge in [0, 0.05) is 13.0 Å². The van der Waals surface area contributed by atoms with Crippen molar-refractivity contribution < 1.29 is 23.1 Å². The van der Waals surface area contributed by atoms with Crippen LogP contribution in [-0.2, 0) is 39.0 Å². The summed E-state index contributed by atoms with van der Waals surface area (Å²) in [5, 5.41) is 11.8. The van der Waals surface area contributed by atoms with Crippen LogP contribution in [0.2, 0.25) is 0 Å². The summed E-state index contributed by atoms with van der Waals surface area (Å²) < 4.78 is 29.1. The number of carbonyl (C=O) groups is 2. The molecule has 1 aliphatic heterocycles. The number of rotatable bonds is 8. The summed E-state index contributed by atoms with van der Waals surface area (Å²) in [6.45, 7) is 2.20. The van der Waals surface area contributed by atoms with E-state index in [0.717, 1.165) is 27.8 Å². The van der Waals surface area contributed by atoms with Gasteiger partial charge < -0.3 is 10.4 Å². The molecule has 4 aromatic rings. The molecule has 1 aliphatic rings. The smallest absolute Gasteiger partial charge is 0.307 e. The van der Waals surface area contributed by atoms with Crippen LogP contribution in [0, 0.1) is 6.92 Å². The minimum absolute atomic E-state index is 0.0776. The summed E-state index contributed by atoms with van der Waals surface area (Å²) >= 11 is 0. The standard InChI is InChI=1S/C31H28N2O5S/c1-21-5-4-7-25(17-21)24-13-15-27(16-14-24)39(37,38)33-28-8-3-2-6-26(28)19-29(33)31(36)32-20-23-11-9-22(10-12-23)18-30(34)35/h2-17,29H,18-20H2,1H3,(H,32,36)(H,34,35)/t29-/m0/s1. The van der Waals surface area contributed by atoms with Crippen molar-refractivity contribution >= 4 is 27.6 Å². The first kappa shape index (κ1) is 26.2. The van der Waals surface area contributed by atoms with Crippen molar-refractivity contribution in [1.82, 2.24) is 5.32 Å². The molecule has 1 amide bonds. The zero-order valence-corrected chi connectivity index (χ0v) is 22.2. The minimum atomic E-state index is -4.04. The number of carboxylic acid groups (broad SMARTS) is 1. The summed E-state index contributed by atoms with van der Waals surface area (Å²) in [6.07, 6.45) is 0.186. The molecule has 2 N–H and O–H groups in total. The highest BCUT2D eigenvalue weighted by molar-refractivity contribution is 7.93. The SMILES string of the molecule is Cc1cccc(-c2ccc(S(=O)(=O)N3c4ccccc4C[C@H]3C(=O)NCc3ccc(CC(=O)O)cc3)cc2)c1. The molecule has 7 nitrogen and oxygen atoms in total. The van der Waals surface area contributed by atoms with Gasteiger partial charge in [0.25, 0.3) is 10.0 Å². The molecule has 5 rings (SSSR count). The number of hydrogen-bond donors (Lipinski definition) is 2. The van der Waals surface area contributed by atoms with Crippen molar-refractivity contribution in [2.45, 2.75) is 37.2 Å². The lowest BCUT2D eigenvalue weighted by atomic mass is 10.0. The molecular weight excluding hydrogens is 512 g/mol. The van der Waals surface area contributed by atoms with Crippen LogP contribution in [0.15, 0.2) is 102 Å². The number of carbonyl (C=O) groups excluding carboxylic acids is 1. The van der Waals surface area contributed by atoms with Crippen molar-refractivity contribution in [2.24, 2.45) is 0 Å². The van der Waals surface area contributed by atoms with Crippen molar-refractivity contribution in [3.8, 4) is 11.1 Å². The third-order valence-corrected chi connectivity index (χ3v) is 8.67. The van der Waals surface area contributed by atoms with Gasteiger partial charge in [0.05, 0.1) is 17.0 Å². The van der Waals surface area contributed by atoms with Crippen LogP contribution in [0.1, 0.15) is 22.3 Å². The number of nitrogens with one attached hydrogen (secondary N) is 1. The van der Waals surface area contributed by atoms with E-state index in [1.165, 1.54) is 4.31 Å². The van der Waals surface area contributed by atoms with Crippen LogP contribution in [0.25, 0.3) is 11.1 Å². The van der Waals surface area contributed by atoms with Crippen LogP contribution in [0.4, 0.5) is 5.69 Å². The Hall–Kier alpha value is -4.43. The van der Waals surface area contributed by atoms with Gasteiger partial charge in [0.15, 0.2) is 0 Å². The molecule has 0 fully saturated rings. The maximum atomic E-state index is 13.9. The second-order valence-corrected chi connectivity index (χ2v) is 11.5. The van der Waals surface area contributed by atoms with Gasteiger partial charge >= 0.3 is 5.97 Å².